The molecule has 1 aromatic heterocycles. The van der Waals surface area contributed by atoms with Crippen LogP contribution in [0.2, 0.25) is 0 Å². The van der Waals surface area contributed by atoms with E-state index in [9.17, 15) is 26.4 Å². The molecular formula is C19H16F3N3O4S2. The standard InChI is InChI=1S/C19H16F3N3O4S2/c1-25(31(2,27)28)14-7-3-12(4-8-14)16-11-30-18(23-16)24-17(26)13-5-9-15(10-6-13)29-19(20,21)22/h3-11H,1-2H3,(H,23,24,26). The first-order valence-electron chi connectivity index (χ1n) is 8.59. The molecule has 164 valence electrons. The van der Waals surface area contributed by atoms with Gasteiger partial charge in [-0.15, -0.1) is 24.5 Å². The van der Waals surface area contributed by atoms with E-state index < -0.39 is 28.0 Å². The van der Waals surface area contributed by atoms with Crippen LogP contribution in [-0.4, -0.2) is 39.0 Å². The van der Waals surface area contributed by atoms with E-state index in [0.29, 0.717) is 16.5 Å². The molecule has 0 fully saturated rings. The highest BCUT2D eigenvalue weighted by Crippen LogP contribution is 2.28. The fraction of sp³-hybridized carbons (Fsp3) is 0.158. The van der Waals surface area contributed by atoms with Gasteiger partial charge in [0.05, 0.1) is 17.6 Å². The fourth-order valence-corrected chi connectivity index (χ4v) is 3.69. The number of nitrogens with one attached hydrogen (secondary N) is 1. The molecule has 3 rings (SSSR count). The topological polar surface area (TPSA) is 88.6 Å². The Morgan fingerprint density at radius 1 is 1.10 bits per heavy atom. The molecular weight excluding hydrogens is 455 g/mol. The molecule has 0 atom stereocenters. The van der Waals surface area contributed by atoms with E-state index in [-0.39, 0.29) is 5.56 Å². The largest absolute Gasteiger partial charge is 0.573 e. The third-order valence-corrected chi connectivity index (χ3v) is 6.06. The maximum atomic E-state index is 12.3. The van der Waals surface area contributed by atoms with Crippen LogP contribution in [-0.2, 0) is 10.0 Å². The van der Waals surface area contributed by atoms with Gasteiger partial charge in [0.1, 0.15) is 5.75 Å². The first-order valence-corrected chi connectivity index (χ1v) is 11.3. The number of carbonyl (C=O) groups excluding carboxylic acids is 1. The van der Waals surface area contributed by atoms with Crippen LogP contribution in [0.5, 0.6) is 5.75 Å². The lowest BCUT2D eigenvalue weighted by molar-refractivity contribution is -0.274. The predicted octanol–water partition coefficient (Wildman–Crippen LogP) is 4.36. The summed E-state index contributed by atoms with van der Waals surface area (Å²) in [5.41, 5.74) is 1.92. The first-order chi connectivity index (χ1) is 14.4. The Labute approximate surface area is 180 Å². The molecule has 0 radical (unpaired) electrons. The highest BCUT2D eigenvalue weighted by atomic mass is 32.2. The van der Waals surface area contributed by atoms with Crippen LogP contribution < -0.4 is 14.4 Å². The van der Waals surface area contributed by atoms with Crippen LogP contribution in [0.1, 0.15) is 10.4 Å². The number of thiazole rings is 1. The summed E-state index contributed by atoms with van der Waals surface area (Å²) in [7, 11) is -1.93. The SMILES string of the molecule is CN(c1ccc(-c2csc(NC(=O)c3ccc(OC(F)(F)F)cc3)n2)cc1)S(C)(=O)=O. The summed E-state index contributed by atoms with van der Waals surface area (Å²) in [6.07, 6.45) is -3.70. The Kier molecular flexibility index (Phi) is 6.23. The number of aromatic nitrogens is 1. The summed E-state index contributed by atoms with van der Waals surface area (Å²) < 4.78 is 64.8. The average Bonchev–Trinajstić information content (AvgIpc) is 3.14. The molecule has 0 aliphatic heterocycles. The van der Waals surface area contributed by atoms with Gasteiger partial charge in [-0.05, 0) is 36.4 Å². The second-order valence-corrected chi connectivity index (χ2v) is 9.21. The highest BCUT2D eigenvalue weighted by molar-refractivity contribution is 7.92. The summed E-state index contributed by atoms with van der Waals surface area (Å²) in [5, 5.41) is 4.60. The second kappa shape index (κ2) is 8.55. The van der Waals surface area contributed by atoms with Gasteiger partial charge in [0, 0.05) is 23.6 Å². The number of ether oxygens (including phenoxy) is 1. The number of hydrogen-bond acceptors (Lipinski definition) is 6. The third kappa shape index (κ3) is 5.95. The molecule has 31 heavy (non-hydrogen) atoms. The number of alkyl halides is 3. The van der Waals surface area contributed by atoms with Crippen molar-refractivity contribution >= 4 is 38.1 Å². The lowest BCUT2D eigenvalue weighted by atomic mass is 10.1. The Bertz CT molecular complexity index is 1180. The van der Waals surface area contributed by atoms with Gasteiger partial charge in [-0.1, -0.05) is 12.1 Å². The zero-order valence-electron chi connectivity index (χ0n) is 16.2. The highest BCUT2D eigenvalue weighted by Gasteiger charge is 2.31. The molecule has 7 nitrogen and oxygen atoms in total. The van der Waals surface area contributed by atoms with Crippen LogP contribution in [0.4, 0.5) is 24.0 Å². The Morgan fingerprint density at radius 2 is 1.71 bits per heavy atom. The Morgan fingerprint density at radius 3 is 2.26 bits per heavy atom. The summed E-state index contributed by atoms with van der Waals surface area (Å²) in [6, 6.07) is 11.2. The molecule has 1 N–H and O–H groups in total. The summed E-state index contributed by atoms with van der Waals surface area (Å²) >= 11 is 1.17. The number of amides is 1. The Hall–Kier alpha value is -3.12. The number of hydrogen-bond donors (Lipinski definition) is 1. The number of rotatable bonds is 6. The molecule has 0 unspecified atom stereocenters. The molecule has 0 bridgehead atoms. The summed E-state index contributed by atoms with van der Waals surface area (Å²) in [6.45, 7) is 0. The van der Waals surface area contributed by atoms with Crippen molar-refractivity contribution < 1.29 is 31.1 Å². The number of nitrogens with zero attached hydrogens (tertiary/aromatic N) is 2. The lowest BCUT2D eigenvalue weighted by Gasteiger charge is -2.16. The number of benzene rings is 2. The van der Waals surface area contributed by atoms with E-state index in [2.05, 4.69) is 15.0 Å². The fourth-order valence-electron chi connectivity index (χ4n) is 2.47. The number of anilines is 2. The van der Waals surface area contributed by atoms with Crippen molar-refractivity contribution in [2.24, 2.45) is 0 Å². The first kappa shape index (κ1) is 22.6. The predicted molar refractivity (Wildman–Crippen MR) is 112 cm³/mol. The molecule has 0 aliphatic carbocycles. The van der Waals surface area contributed by atoms with Crippen LogP contribution in [0.3, 0.4) is 0 Å². The maximum Gasteiger partial charge on any atom is 0.573 e. The maximum absolute atomic E-state index is 12.3. The normalized spacial score (nSPS) is 11.8. The van der Waals surface area contributed by atoms with E-state index in [1.807, 2.05) is 0 Å². The molecule has 1 amide bonds. The van der Waals surface area contributed by atoms with Gasteiger partial charge in [-0.2, -0.15) is 0 Å². The van der Waals surface area contributed by atoms with Gasteiger partial charge >= 0.3 is 6.36 Å². The van der Waals surface area contributed by atoms with Crippen LogP contribution in [0.15, 0.2) is 53.9 Å². The van der Waals surface area contributed by atoms with Crippen molar-refractivity contribution in [3.63, 3.8) is 0 Å². The van der Waals surface area contributed by atoms with Gasteiger partial charge in [-0.25, -0.2) is 13.4 Å². The minimum absolute atomic E-state index is 0.138. The number of carbonyl (C=O) groups is 1. The quantitative estimate of drug-likeness (QED) is 0.577. The van der Waals surface area contributed by atoms with Gasteiger partial charge in [0.15, 0.2) is 5.13 Å². The zero-order valence-corrected chi connectivity index (χ0v) is 17.8. The van der Waals surface area contributed by atoms with Gasteiger partial charge in [-0.3, -0.25) is 14.4 Å². The van der Waals surface area contributed by atoms with Crippen molar-refractivity contribution in [1.82, 2.24) is 4.98 Å². The minimum Gasteiger partial charge on any atom is -0.406 e. The third-order valence-electron chi connectivity index (χ3n) is 4.10. The van der Waals surface area contributed by atoms with Crippen LogP contribution in [0, 0.1) is 0 Å². The van der Waals surface area contributed by atoms with Crippen LogP contribution in [0.25, 0.3) is 11.3 Å². The monoisotopic (exact) mass is 471 g/mol. The van der Waals surface area contributed by atoms with Crippen molar-refractivity contribution in [2.45, 2.75) is 6.36 Å². The molecule has 0 aliphatic rings. The molecule has 12 heteroatoms. The van der Waals surface area contributed by atoms with Crippen molar-refractivity contribution in [3.8, 4) is 17.0 Å². The number of halogens is 3. The van der Waals surface area contributed by atoms with E-state index >= 15 is 0 Å². The van der Waals surface area contributed by atoms with E-state index in [0.717, 1.165) is 28.3 Å². The number of sulfonamides is 1. The summed E-state index contributed by atoms with van der Waals surface area (Å²) in [4.78, 5) is 16.6. The summed E-state index contributed by atoms with van der Waals surface area (Å²) in [5.74, 6) is -0.963. The van der Waals surface area contributed by atoms with E-state index in [1.54, 1.807) is 29.6 Å². The molecule has 1 heterocycles. The van der Waals surface area contributed by atoms with Crippen molar-refractivity contribution in [3.05, 3.63) is 59.5 Å². The average molecular weight is 471 g/mol. The van der Waals surface area contributed by atoms with Gasteiger partial charge < -0.3 is 4.74 Å². The molecule has 0 saturated carbocycles. The van der Waals surface area contributed by atoms with Gasteiger partial charge in [0.2, 0.25) is 10.0 Å². The van der Waals surface area contributed by atoms with Gasteiger partial charge in [0.25, 0.3) is 5.91 Å². The Balaban J connectivity index is 1.68. The van der Waals surface area contributed by atoms with E-state index in [4.69, 9.17) is 0 Å². The van der Waals surface area contributed by atoms with Crippen molar-refractivity contribution in [1.29, 1.82) is 0 Å². The molecule has 2 aromatic carbocycles. The molecule has 0 spiro atoms. The molecule has 3 aromatic rings. The van der Waals surface area contributed by atoms with Crippen LogP contribution >= 0.6 is 11.3 Å². The lowest BCUT2D eigenvalue weighted by Crippen LogP contribution is -2.24. The van der Waals surface area contributed by atoms with E-state index in [1.165, 1.54) is 30.5 Å². The second-order valence-electron chi connectivity index (χ2n) is 6.34. The minimum atomic E-state index is -4.81. The zero-order chi connectivity index (χ0) is 22.8. The van der Waals surface area contributed by atoms with Crippen molar-refractivity contribution in [2.75, 3.05) is 22.9 Å². The molecule has 0 saturated heterocycles. The smallest absolute Gasteiger partial charge is 0.406 e.